The quantitative estimate of drug-likeness (QED) is 0.713. The Bertz CT molecular complexity index is 290. The SMILES string of the molecule is CC(C)(C)OC(=O)C1COC2(CCCCC2)N1. The van der Waals surface area contributed by atoms with Crippen molar-refractivity contribution < 1.29 is 14.3 Å². The molecule has 0 radical (unpaired) electrons. The molecule has 17 heavy (non-hydrogen) atoms. The normalized spacial score (nSPS) is 28.3. The Hall–Kier alpha value is -0.610. The number of rotatable bonds is 1. The van der Waals surface area contributed by atoms with Crippen LogP contribution in [0.15, 0.2) is 0 Å². The van der Waals surface area contributed by atoms with Crippen LogP contribution < -0.4 is 5.32 Å². The van der Waals surface area contributed by atoms with Crippen molar-refractivity contribution in [2.45, 2.75) is 70.2 Å². The Balaban J connectivity index is 1.91. The Morgan fingerprint density at radius 3 is 2.53 bits per heavy atom. The van der Waals surface area contributed by atoms with Crippen LogP contribution in [0.5, 0.6) is 0 Å². The molecule has 1 atom stereocenters. The topological polar surface area (TPSA) is 47.6 Å². The van der Waals surface area contributed by atoms with Crippen LogP contribution in [0, 0.1) is 0 Å². The molecule has 0 amide bonds. The lowest BCUT2D eigenvalue weighted by atomic mass is 9.92. The van der Waals surface area contributed by atoms with E-state index in [1.807, 2.05) is 20.8 Å². The molecule has 2 aliphatic rings. The van der Waals surface area contributed by atoms with Gasteiger partial charge in [-0.15, -0.1) is 0 Å². The summed E-state index contributed by atoms with van der Waals surface area (Å²) in [7, 11) is 0. The number of hydrogen-bond acceptors (Lipinski definition) is 4. The van der Waals surface area contributed by atoms with Gasteiger partial charge in [0.1, 0.15) is 17.4 Å². The monoisotopic (exact) mass is 241 g/mol. The van der Waals surface area contributed by atoms with Crippen molar-refractivity contribution in [2.75, 3.05) is 6.61 Å². The average molecular weight is 241 g/mol. The summed E-state index contributed by atoms with van der Waals surface area (Å²) in [6, 6.07) is -0.299. The summed E-state index contributed by atoms with van der Waals surface area (Å²) in [5.41, 5.74) is -0.680. The summed E-state index contributed by atoms with van der Waals surface area (Å²) in [5, 5.41) is 3.33. The lowest BCUT2D eigenvalue weighted by molar-refractivity contribution is -0.157. The highest BCUT2D eigenvalue weighted by molar-refractivity contribution is 5.76. The summed E-state index contributed by atoms with van der Waals surface area (Å²) in [6.07, 6.45) is 5.63. The van der Waals surface area contributed by atoms with E-state index in [1.54, 1.807) is 0 Å². The highest BCUT2D eigenvalue weighted by atomic mass is 16.6. The van der Waals surface area contributed by atoms with Crippen LogP contribution in [0.4, 0.5) is 0 Å². The molecule has 4 nitrogen and oxygen atoms in total. The Morgan fingerprint density at radius 1 is 1.29 bits per heavy atom. The molecule has 2 fully saturated rings. The van der Waals surface area contributed by atoms with E-state index in [2.05, 4.69) is 5.32 Å². The first-order valence-corrected chi connectivity index (χ1v) is 6.55. The lowest BCUT2D eigenvalue weighted by Gasteiger charge is -2.33. The van der Waals surface area contributed by atoms with E-state index in [0.717, 1.165) is 12.8 Å². The number of hydrogen-bond donors (Lipinski definition) is 1. The Kier molecular flexibility index (Phi) is 3.46. The third kappa shape index (κ3) is 3.19. The van der Waals surface area contributed by atoms with E-state index >= 15 is 0 Å². The van der Waals surface area contributed by atoms with E-state index in [0.29, 0.717) is 6.61 Å². The minimum absolute atomic E-state index is 0.194. The molecule has 0 aromatic rings. The molecule has 0 aromatic heterocycles. The fourth-order valence-electron chi connectivity index (χ4n) is 2.56. The average Bonchev–Trinajstić information content (AvgIpc) is 2.61. The number of ether oxygens (including phenoxy) is 2. The van der Waals surface area contributed by atoms with Gasteiger partial charge in [-0.05, 0) is 46.5 Å². The standard InChI is InChI=1S/C13H23NO3/c1-12(2,3)17-11(15)10-9-16-13(14-10)7-5-4-6-8-13/h10,14H,4-9H2,1-3H3. The number of carbonyl (C=O) groups excluding carboxylic acids is 1. The van der Waals surface area contributed by atoms with Gasteiger partial charge < -0.3 is 9.47 Å². The highest BCUT2D eigenvalue weighted by Crippen LogP contribution is 2.33. The summed E-state index contributed by atoms with van der Waals surface area (Å²) < 4.78 is 11.2. The van der Waals surface area contributed by atoms with Crippen LogP contribution in [0.1, 0.15) is 52.9 Å². The first-order chi connectivity index (χ1) is 7.90. The van der Waals surface area contributed by atoms with E-state index in [9.17, 15) is 4.79 Å². The molecule has 98 valence electrons. The fourth-order valence-corrected chi connectivity index (χ4v) is 2.56. The molecule has 2 rings (SSSR count). The maximum Gasteiger partial charge on any atom is 0.326 e. The highest BCUT2D eigenvalue weighted by Gasteiger charge is 2.44. The van der Waals surface area contributed by atoms with Gasteiger partial charge in [0, 0.05) is 0 Å². The van der Waals surface area contributed by atoms with Crippen molar-refractivity contribution in [1.82, 2.24) is 5.32 Å². The lowest BCUT2D eigenvalue weighted by Crippen LogP contribution is -2.49. The van der Waals surface area contributed by atoms with Crippen LogP contribution in [0.2, 0.25) is 0 Å². The van der Waals surface area contributed by atoms with Gasteiger partial charge in [-0.3, -0.25) is 10.1 Å². The fraction of sp³-hybridized carbons (Fsp3) is 0.923. The van der Waals surface area contributed by atoms with E-state index < -0.39 is 5.60 Å². The molecule has 1 N–H and O–H groups in total. The summed E-state index contributed by atoms with van der Waals surface area (Å²) in [4.78, 5) is 11.9. The van der Waals surface area contributed by atoms with Gasteiger partial charge >= 0.3 is 5.97 Å². The Labute approximate surface area is 103 Å². The van der Waals surface area contributed by atoms with Gasteiger partial charge in [0.15, 0.2) is 0 Å². The maximum atomic E-state index is 11.9. The molecular formula is C13H23NO3. The van der Waals surface area contributed by atoms with Gasteiger partial charge in [-0.1, -0.05) is 6.42 Å². The second kappa shape index (κ2) is 4.58. The van der Waals surface area contributed by atoms with Gasteiger partial charge in [0.2, 0.25) is 0 Å². The molecular weight excluding hydrogens is 218 g/mol. The molecule has 0 bridgehead atoms. The van der Waals surface area contributed by atoms with Crippen LogP contribution >= 0.6 is 0 Å². The van der Waals surface area contributed by atoms with Crippen molar-refractivity contribution in [2.24, 2.45) is 0 Å². The van der Waals surface area contributed by atoms with Crippen molar-refractivity contribution in [3.8, 4) is 0 Å². The first-order valence-electron chi connectivity index (χ1n) is 6.55. The molecule has 1 saturated carbocycles. The summed E-state index contributed by atoms with van der Waals surface area (Å²) in [5.74, 6) is -0.194. The molecule has 4 heteroatoms. The van der Waals surface area contributed by atoms with Gasteiger partial charge in [0.25, 0.3) is 0 Å². The zero-order chi connectivity index (χ0) is 12.5. The molecule has 1 aliphatic carbocycles. The second-order valence-corrected chi connectivity index (χ2v) is 6.10. The predicted molar refractivity (Wildman–Crippen MR) is 64.5 cm³/mol. The number of carbonyl (C=O) groups is 1. The molecule has 1 saturated heterocycles. The van der Waals surface area contributed by atoms with E-state index in [-0.39, 0.29) is 17.7 Å². The molecule has 1 heterocycles. The van der Waals surface area contributed by atoms with Gasteiger partial charge in [-0.25, -0.2) is 0 Å². The largest absolute Gasteiger partial charge is 0.459 e. The van der Waals surface area contributed by atoms with E-state index in [4.69, 9.17) is 9.47 Å². The zero-order valence-corrected chi connectivity index (χ0v) is 11.0. The van der Waals surface area contributed by atoms with Gasteiger partial charge in [-0.2, -0.15) is 0 Å². The Morgan fingerprint density at radius 2 is 1.94 bits per heavy atom. The van der Waals surface area contributed by atoms with Crippen molar-refractivity contribution in [3.63, 3.8) is 0 Å². The van der Waals surface area contributed by atoms with Crippen LogP contribution in [0.3, 0.4) is 0 Å². The number of nitrogens with one attached hydrogen (secondary N) is 1. The minimum atomic E-state index is -0.429. The first kappa shape index (κ1) is 12.8. The predicted octanol–water partition coefficient (Wildman–Crippen LogP) is 1.98. The second-order valence-electron chi connectivity index (χ2n) is 6.10. The zero-order valence-electron chi connectivity index (χ0n) is 11.0. The molecule has 1 unspecified atom stereocenters. The van der Waals surface area contributed by atoms with Crippen LogP contribution in [0.25, 0.3) is 0 Å². The summed E-state index contributed by atoms with van der Waals surface area (Å²) in [6.45, 7) is 6.10. The van der Waals surface area contributed by atoms with Crippen molar-refractivity contribution >= 4 is 5.97 Å². The van der Waals surface area contributed by atoms with E-state index in [1.165, 1.54) is 19.3 Å². The smallest absolute Gasteiger partial charge is 0.326 e. The third-order valence-corrected chi connectivity index (χ3v) is 3.32. The van der Waals surface area contributed by atoms with Crippen molar-refractivity contribution in [3.05, 3.63) is 0 Å². The molecule has 1 spiro atoms. The maximum absolute atomic E-state index is 11.9. The van der Waals surface area contributed by atoms with Crippen LogP contribution in [-0.4, -0.2) is 29.9 Å². The van der Waals surface area contributed by atoms with Gasteiger partial charge in [0.05, 0.1) is 6.61 Å². The molecule has 0 aromatic carbocycles. The molecule has 1 aliphatic heterocycles. The van der Waals surface area contributed by atoms with Crippen molar-refractivity contribution in [1.29, 1.82) is 0 Å². The van der Waals surface area contributed by atoms with Crippen LogP contribution in [-0.2, 0) is 14.3 Å². The third-order valence-electron chi connectivity index (χ3n) is 3.32. The minimum Gasteiger partial charge on any atom is -0.459 e. The summed E-state index contributed by atoms with van der Waals surface area (Å²) >= 11 is 0. The number of esters is 1.